The number of aromatic nitrogens is 2. The van der Waals surface area contributed by atoms with Gasteiger partial charge in [-0.05, 0) is 80.6 Å². The molecule has 3 heteroatoms. The molecular weight excluding hydrogens is 597 g/mol. The minimum Gasteiger partial charge on any atom is -0.436 e. The summed E-state index contributed by atoms with van der Waals surface area (Å²) in [6.45, 7) is 0. The lowest BCUT2D eigenvalue weighted by Crippen LogP contribution is -1.91. The molecule has 0 saturated carbocycles. The van der Waals surface area contributed by atoms with Crippen LogP contribution in [-0.2, 0) is 0 Å². The zero-order valence-electron chi connectivity index (χ0n) is 26.6. The largest absolute Gasteiger partial charge is 0.436 e. The molecule has 9 rings (SSSR count). The van der Waals surface area contributed by atoms with E-state index in [0.717, 1.165) is 61.4 Å². The molecule has 2 heterocycles. The van der Waals surface area contributed by atoms with E-state index in [0.29, 0.717) is 5.89 Å². The summed E-state index contributed by atoms with van der Waals surface area (Å²) < 4.78 is 6.16. The van der Waals surface area contributed by atoms with Crippen molar-refractivity contribution in [2.24, 2.45) is 0 Å². The molecule has 7 aromatic carbocycles. The number of hydrogen-bond acceptors (Lipinski definition) is 3. The first-order valence-corrected chi connectivity index (χ1v) is 16.5. The fourth-order valence-electron chi connectivity index (χ4n) is 6.66. The highest BCUT2D eigenvalue weighted by atomic mass is 16.3. The number of pyridine rings is 1. The smallest absolute Gasteiger partial charge is 0.227 e. The molecule has 0 amide bonds. The van der Waals surface area contributed by atoms with E-state index in [2.05, 4.69) is 133 Å². The van der Waals surface area contributed by atoms with Gasteiger partial charge in [0.1, 0.15) is 5.52 Å². The fraction of sp³-hybridized carbons (Fsp3) is 0. The van der Waals surface area contributed by atoms with Crippen molar-refractivity contribution in [1.82, 2.24) is 9.97 Å². The first-order chi connectivity index (χ1) is 24.3. The van der Waals surface area contributed by atoms with E-state index < -0.39 is 0 Å². The second kappa shape index (κ2) is 12.2. The van der Waals surface area contributed by atoms with Crippen LogP contribution in [0.1, 0.15) is 0 Å². The Labute approximate surface area is 284 Å². The van der Waals surface area contributed by atoms with Gasteiger partial charge in [-0.3, -0.25) is 0 Å². The Bertz CT molecular complexity index is 2510. The fourth-order valence-corrected chi connectivity index (χ4v) is 6.66. The van der Waals surface area contributed by atoms with Gasteiger partial charge in [0.15, 0.2) is 5.58 Å². The van der Waals surface area contributed by atoms with Gasteiger partial charge in [-0.25, -0.2) is 9.97 Å². The van der Waals surface area contributed by atoms with Crippen molar-refractivity contribution in [2.75, 3.05) is 0 Å². The molecule has 0 radical (unpaired) electrons. The number of rotatable bonds is 6. The predicted octanol–water partition coefficient (Wildman–Crippen LogP) is 12.4. The van der Waals surface area contributed by atoms with Gasteiger partial charge in [0, 0.05) is 16.7 Å². The Morgan fingerprint density at radius 1 is 0.367 bits per heavy atom. The van der Waals surface area contributed by atoms with Gasteiger partial charge in [-0.15, -0.1) is 0 Å². The van der Waals surface area contributed by atoms with Crippen molar-refractivity contribution in [3.63, 3.8) is 0 Å². The van der Waals surface area contributed by atoms with Crippen LogP contribution in [0.25, 0.3) is 89.2 Å². The van der Waals surface area contributed by atoms with Crippen LogP contribution in [0.15, 0.2) is 186 Å². The van der Waals surface area contributed by atoms with Gasteiger partial charge in [0.05, 0.1) is 11.4 Å². The summed E-state index contributed by atoms with van der Waals surface area (Å²) in [7, 11) is 0. The monoisotopic (exact) mass is 626 g/mol. The molecule has 49 heavy (non-hydrogen) atoms. The Morgan fingerprint density at radius 3 is 1.61 bits per heavy atom. The topological polar surface area (TPSA) is 38.9 Å². The minimum atomic E-state index is 0.628. The van der Waals surface area contributed by atoms with Crippen molar-refractivity contribution >= 4 is 21.9 Å². The van der Waals surface area contributed by atoms with Crippen LogP contribution in [-0.4, -0.2) is 9.97 Å². The van der Waals surface area contributed by atoms with E-state index >= 15 is 0 Å². The molecule has 0 aliphatic heterocycles. The second-order valence-corrected chi connectivity index (χ2v) is 12.2. The van der Waals surface area contributed by atoms with Crippen LogP contribution in [0.2, 0.25) is 0 Å². The molecule has 9 aromatic rings. The number of nitrogens with zero attached hydrogens (tertiary/aromatic N) is 2. The summed E-state index contributed by atoms with van der Waals surface area (Å²) in [5, 5.41) is 2.39. The third kappa shape index (κ3) is 5.48. The highest BCUT2D eigenvalue weighted by Gasteiger charge is 2.16. The average molecular weight is 627 g/mol. The molecule has 3 nitrogen and oxygen atoms in total. The number of benzene rings is 7. The van der Waals surface area contributed by atoms with Gasteiger partial charge in [-0.2, -0.15) is 0 Å². The van der Waals surface area contributed by atoms with Gasteiger partial charge in [0.25, 0.3) is 0 Å². The van der Waals surface area contributed by atoms with E-state index in [1.165, 1.54) is 21.9 Å². The van der Waals surface area contributed by atoms with Gasteiger partial charge < -0.3 is 4.42 Å². The lowest BCUT2D eigenvalue weighted by molar-refractivity contribution is 0.620. The lowest BCUT2D eigenvalue weighted by Gasteiger charge is -2.15. The Kier molecular flexibility index (Phi) is 7.14. The van der Waals surface area contributed by atoms with Gasteiger partial charge in [-0.1, -0.05) is 146 Å². The van der Waals surface area contributed by atoms with Crippen LogP contribution < -0.4 is 0 Å². The second-order valence-electron chi connectivity index (χ2n) is 12.2. The molecule has 0 fully saturated rings. The molecule has 2 aromatic heterocycles. The van der Waals surface area contributed by atoms with Crippen LogP contribution in [0.4, 0.5) is 0 Å². The molecule has 0 aliphatic rings. The van der Waals surface area contributed by atoms with Crippen LogP contribution in [0.3, 0.4) is 0 Å². The van der Waals surface area contributed by atoms with Crippen molar-refractivity contribution in [3.05, 3.63) is 182 Å². The first-order valence-electron chi connectivity index (χ1n) is 16.5. The third-order valence-electron chi connectivity index (χ3n) is 9.12. The number of fused-ring (bicyclic) bond motifs is 2. The molecule has 0 unspecified atom stereocenters. The minimum absolute atomic E-state index is 0.628. The van der Waals surface area contributed by atoms with Crippen LogP contribution in [0, 0.1) is 0 Å². The highest BCUT2D eigenvalue weighted by molar-refractivity contribution is 6.05. The normalized spacial score (nSPS) is 11.3. The van der Waals surface area contributed by atoms with Crippen LogP contribution >= 0.6 is 0 Å². The van der Waals surface area contributed by atoms with E-state index in [4.69, 9.17) is 14.4 Å². The first kappa shape index (κ1) is 28.6. The Balaban J connectivity index is 1.15. The molecule has 0 spiro atoms. The summed E-state index contributed by atoms with van der Waals surface area (Å²) in [6.07, 6.45) is 0. The average Bonchev–Trinajstić information content (AvgIpc) is 3.62. The van der Waals surface area contributed by atoms with Gasteiger partial charge >= 0.3 is 0 Å². The molecule has 230 valence electrons. The molecule has 0 saturated heterocycles. The van der Waals surface area contributed by atoms with Gasteiger partial charge in [0.2, 0.25) is 5.89 Å². The van der Waals surface area contributed by atoms with Crippen molar-refractivity contribution in [3.8, 4) is 67.3 Å². The summed E-state index contributed by atoms with van der Waals surface area (Å²) in [6, 6.07) is 63.5. The SMILES string of the molecule is c1ccc(-c2cc(-c3ccc(-c4ccc5ccccc5c4-c4ccc5oc(-c6ccccc6)nc5c4)cc3)cc(-c3ccccc3)n2)cc1. The van der Waals surface area contributed by atoms with Crippen molar-refractivity contribution in [1.29, 1.82) is 0 Å². The Hall–Kier alpha value is -6.58. The standard InChI is InChI=1S/C46H30N2O/c1-4-13-34(14-5-1)41-29-38(30-42(47-41)35-15-6-2-7-16-35)31-20-22-33(23-21-31)40-26-24-32-12-10-11-19-39(32)45(40)37-25-27-44-43(28-37)48-46(49-44)36-17-8-3-9-18-36/h1-30H. The summed E-state index contributed by atoms with van der Waals surface area (Å²) in [5.74, 6) is 0.628. The predicted molar refractivity (Wildman–Crippen MR) is 202 cm³/mol. The van der Waals surface area contributed by atoms with E-state index in [1.54, 1.807) is 0 Å². The molecular formula is C46H30N2O. The highest BCUT2D eigenvalue weighted by Crippen LogP contribution is 2.40. The maximum atomic E-state index is 6.16. The van der Waals surface area contributed by atoms with Crippen LogP contribution in [0.5, 0.6) is 0 Å². The maximum absolute atomic E-state index is 6.16. The molecule has 0 atom stereocenters. The lowest BCUT2D eigenvalue weighted by atomic mass is 9.89. The quantitative estimate of drug-likeness (QED) is 0.184. The summed E-state index contributed by atoms with van der Waals surface area (Å²) >= 11 is 0. The van der Waals surface area contributed by atoms with Crippen molar-refractivity contribution in [2.45, 2.75) is 0 Å². The molecule has 0 bridgehead atoms. The summed E-state index contributed by atoms with van der Waals surface area (Å²) in [4.78, 5) is 9.95. The number of oxazole rings is 1. The molecule has 0 aliphatic carbocycles. The summed E-state index contributed by atoms with van der Waals surface area (Å²) in [5.41, 5.74) is 13.5. The van der Waals surface area contributed by atoms with E-state index in [1.807, 2.05) is 48.5 Å². The van der Waals surface area contributed by atoms with E-state index in [9.17, 15) is 0 Å². The van der Waals surface area contributed by atoms with E-state index in [-0.39, 0.29) is 0 Å². The van der Waals surface area contributed by atoms with Crippen molar-refractivity contribution < 1.29 is 4.42 Å². The molecule has 0 N–H and O–H groups in total. The third-order valence-corrected chi connectivity index (χ3v) is 9.12. The maximum Gasteiger partial charge on any atom is 0.227 e. The Morgan fingerprint density at radius 2 is 0.939 bits per heavy atom. The zero-order valence-corrected chi connectivity index (χ0v) is 26.6. The zero-order chi connectivity index (χ0) is 32.6. The number of hydrogen-bond donors (Lipinski definition) is 0.